The maximum absolute atomic E-state index is 12.7. The fourth-order valence-electron chi connectivity index (χ4n) is 2.93. The minimum absolute atomic E-state index is 0.0308. The fourth-order valence-corrected chi connectivity index (χ4v) is 2.93. The van der Waals surface area contributed by atoms with Crippen LogP contribution in [0.25, 0.3) is 0 Å². The van der Waals surface area contributed by atoms with E-state index < -0.39 is 29.2 Å². The maximum atomic E-state index is 12.7. The van der Waals surface area contributed by atoms with Crippen LogP contribution in [0.1, 0.15) is 54.3 Å². The minimum Gasteiger partial charge on any atom is -0.487 e. The zero-order chi connectivity index (χ0) is 20.4. The lowest BCUT2D eigenvalue weighted by Gasteiger charge is -2.32. The maximum Gasteiger partial charge on any atom is 0.302 e. The number of amides is 1. The number of nitrogen functional groups attached to an aromatic ring is 1. The summed E-state index contributed by atoms with van der Waals surface area (Å²) in [5.41, 5.74) is 5.75. The Bertz CT molecular complexity index is 805. The highest BCUT2D eigenvalue weighted by atomic mass is 16.5. The van der Waals surface area contributed by atoms with Crippen molar-refractivity contribution in [3.63, 3.8) is 0 Å². The third-order valence-corrected chi connectivity index (χ3v) is 4.03. The highest BCUT2D eigenvalue weighted by Crippen LogP contribution is 2.38. The molecule has 2 radical (unpaired) electrons. The summed E-state index contributed by atoms with van der Waals surface area (Å²) in [4.78, 5) is 47.2. The zero-order valence-corrected chi connectivity index (χ0v) is 15.5. The summed E-state index contributed by atoms with van der Waals surface area (Å²) in [6.07, 6.45) is -0.0695. The Labute approximate surface area is 158 Å². The third kappa shape index (κ3) is 5.09. The zero-order valence-electron chi connectivity index (χ0n) is 15.5. The molecule has 1 amide bonds. The number of Topliss-reactive ketones (excluding diaryl/α,β-unsaturated/α-hetero) is 2. The van der Waals surface area contributed by atoms with E-state index in [9.17, 15) is 19.2 Å². The van der Waals surface area contributed by atoms with Crippen LogP contribution in [-0.2, 0) is 9.53 Å². The summed E-state index contributed by atoms with van der Waals surface area (Å²) in [5.74, 6) is -1.72. The Morgan fingerprint density at radius 2 is 2.04 bits per heavy atom. The number of benzene rings is 1. The van der Waals surface area contributed by atoms with Gasteiger partial charge in [-0.3, -0.25) is 19.2 Å². The van der Waals surface area contributed by atoms with E-state index in [1.54, 1.807) is 13.8 Å². The fraction of sp³-hybridized carbons (Fsp3) is 0.444. The van der Waals surface area contributed by atoms with Crippen molar-refractivity contribution in [2.45, 2.75) is 45.3 Å². The predicted molar refractivity (Wildman–Crippen MR) is 98.2 cm³/mol. The van der Waals surface area contributed by atoms with E-state index in [4.69, 9.17) is 23.1 Å². The lowest BCUT2D eigenvalue weighted by molar-refractivity contribution is -0.141. The Kier molecular flexibility index (Phi) is 5.93. The molecule has 0 aliphatic carbocycles. The van der Waals surface area contributed by atoms with Crippen molar-refractivity contribution in [1.82, 2.24) is 5.32 Å². The molecule has 1 aromatic carbocycles. The van der Waals surface area contributed by atoms with Gasteiger partial charge in [-0.2, -0.15) is 0 Å². The van der Waals surface area contributed by atoms with Crippen molar-refractivity contribution in [3.8, 4) is 5.75 Å². The van der Waals surface area contributed by atoms with Gasteiger partial charge in [0.25, 0.3) is 0 Å². The molecule has 8 nitrogen and oxygen atoms in total. The molecule has 1 aliphatic rings. The van der Waals surface area contributed by atoms with Crippen molar-refractivity contribution >= 4 is 36.9 Å². The number of carbonyl (C=O) groups is 4. The lowest BCUT2D eigenvalue weighted by atomic mass is 9.89. The number of anilines is 1. The van der Waals surface area contributed by atoms with E-state index in [0.717, 1.165) is 0 Å². The number of fused-ring (bicyclic) bond motifs is 1. The van der Waals surface area contributed by atoms with Gasteiger partial charge >= 0.3 is 5.97 Å². The molecule has 1 heterocycles. The number of ether oxygens (including phenoxy) is 2. The Morgan fingerprint density at radius 1 is 1.37 bits per heavy atom. The van der Waals surface area contributed by atoms with Crippen LogP contribution in [0.5, 0.6) is 5.75 Å². The van der Waals surface area contributed by atoms with Crippen molar-refractivity contribution in [3.05, 3.63) is 23.3 Å². The van der Waals surface area contributed by atoms with Crippen molar-refractivity contribution in [2.75, 3.05) is 12.3 Å². The first kappa shape index (κ1) is 20.5. The molecule has 0 bridgehead atoms. The molecular weight excluding hydrogens is 351 g/mol. The summed E-state index contributed by atoms with van der Waals surface area (Å²) < 4.78 is 10.6. The molecular formula is C18H21BN2O6. The van der Waals surface area contributed by atoms with Crippen molar-refractivity contribution in [2.24, 2.45) is 0 Å². The number of esters is 1. The molecule has 3 N–H and O–H groups in total. The number of rotatable bonds is 6. The molecule has 0 fully saturated rings. The molecule has 0 spiro atoms. The van der Waals surface area contributed by atoms with Crippen molar-refractivity contribution < 1.29 is 28.7 Å². The number of hydrogen-bond acceptors (Lipinski definition) is 7. The second kappa shape index (κ2) is 7.81. The van der Waals surface area contributed by atoms with Crippen LogP contribution >= 0.6 is 0 Å². The molecule has 0 aromatic heterocycles. The normalized spacial score (nSPS) is 15.9. The van der Waals surface area contributed by atoms with E-state index in [-0.39, 0.29) is 42.0 Å². The summed E-state index contributed by atoms with van der Waals surface area (Å²) in [5, 5.41) is 2.35. The molecule has 0 saturated heterocycles. The SMILES string of the molecule is [B]C(=O)N[C@H](COC(C)=O)CC(=O)c1ccc2c(c1N)C(=O)CC(C)(C)O2. The smallest absolute Gasteiger partial charge is 0.302 e. The first-order chi connectivity index (χ1) is 12.5. The average molecular weight is 372 g/mol. The van der Waals surface area contributed by atoms with Crippen molar-refractivity contribution in [1.29, 1.82) is 0 Å². The molecule has 9 heteroatoms. The van der Waals surface area contributed by atoms with Gasteiger partial charge in [-0.05, 0) is 26.0 Å². The van der Waals surface area contributed by atoms with Gasteiger partial charge in [0.15, 0.2) is 17.4 Å². The quantitative estimate of drug-likeness (QED) is 0.335. The van der Waals surface area contributed by atoms with E-state index in [0.29, 0.717) is 5.75 Å². The minimum atomic E-state index is -0.857. The van der Waals surface area contributed by atoms with Crippen LogP contribution in [0.4, 0.5) is 10.5 Å². The number of hydrogen-bond donors (Lipinski definition) is 2. The lowest BCUT2D eigenvalue weighted by Crippen LogP contribution is -2.40. The molecule has 1 atom stereocenters. The summed E-state index contributed by atoms with van der Waals surface area (Å²) in [6, 6.07) is 2.18. The van der Waals surface area contributed by atoms with Gasteiger partial charge in [0.05, 0.1) is 23.7 Å². The van der Waals surface area contributed by atoms with E-state index >= 15 is 0 Å². The molecule has 142 valence electrons. The third-order valence-electron chi connectivity index (χ3n) is 4.03. The van der Waals surface area contributed by atoms with E-state index in [1.807, 2.05) is 0 Å². The molecule has 0 saturated carbocycles. The van der Waals surface area contributed by atoms with E-state index in [1.165, 1.54) is 19.1 Å². The van der Waals surface area contributed by atoms with Crippen LogP contribution < -0.4 is 15.8 Å². The number of ketones is 2. The van der Waals surface area contributed by atoms with Gasteiger partial charge in [0.2, 0.25) is 7.85 Å². The van der Waals surface area contributed by atoms with Crippen LogP contribution in [0.3, 0.4) is 0 Å². The monoisotopic (exact) mass is 372 g/mol. The topological polar surface area (TPSA) is 125 Å². The summed E-state index contributed by atoms with van der Waals surface area (Å²) in [7, 11) is 5.09. The van der Waals surface area contributed by atoms with Gasteiger partial charge in [0.1, 0.15) is 18.0 Å². The van der Waals surface area contributed by atoms with Gasteiger partial charge in [-0.1, -0.05) is 0 Å². The molecule has 2 rings (SSSR count). The second-order valence-corrected chi connectivity index (χ2v) is 7.00. The molecule has 1 aromatic rings. The summed E-state index contributed by atoms with van der Waals surface area (Å²) >= 11 is 0. The van der Waals surface area contributed by atoms with Gasteiger partial charge in [-0.25, -0.2) is 0 Å². The second-order valence-electron chi connectivity index (χ2n) is 7.00. The molecule has 0 unspecified atom stereocenters. The number of carbonyl (C=O) groups excluding carboxylic acids is 4. The van der Waals surface area contributed by atoms with E-state index in [2.05, 4.69) is 5.32 Å². The largest absolute Gasteiger partial charge is 0.487 e. The van der Waals surface area contributed by atoms with Crippen LogP contribution in [0.2, 0.25) is 0 Å². The first-order valence-electron chi connectivity index (χ1n) is 8.37. The number of nitrogens with one attached hydrogen (secondary N) is 1. The van der Waals surface area contributed by atoms with Gasteiger partial charge < -0.3 is 20.5 Å². The van der Waals surface area contributed by atoms with Gasteiger partial charge in [0, 0.05) is 18.9 Å². The summed E-state index contributed by atoms with van der Waals surface area (Å²) in [6.45, 7) is 4.57. The highest BCUT2D eigenvalue weighted by Gasteiger charge is 2.35. The highest BCUT2D eigenvalue weighted by molar-refractivity contribution is 6.57. The average Bonchev–Trinajstić information content (AvgIpc) is 2.50. The Hall–Kier alpha value is -2.84. The first-order valence-corrected chi connectivity index (χ1v) is 8.37. The van der Waals surface area contributed by atoms with Crippen LogP contribution in [0, 0.1) is 0 Å². The predicted octanol–water partition coefficient (Wildman–Crippen LogP) is 1.40. The Morgan fingerprint density at radius 3 is 2.63 bits per heavy atom. The Balaban J connectivity index is 2.25. The molecule has 1 aliphatic heterocycles. The molecule has 27 heavy (non-hydrogen) atoms. The number of nitrogens with two attached hydrogens (primary N) is 1. The van der Waals surface area contributed by atoms with Gasteiger partial charge in [-0.15, -0.1) is 0 Å². The van der Waals surface area contributed by atoms with Crippen LogP contribution in [0.15, 0.2) is 12.1 Å². The standard InChI is InChI=1S/C18H21BN2O6/c1-9(22)26-8-10(21-17(19)25)6-12(23)11-4-5-14-15(16(11)20)13(24)7-18(2,3)27-14/h4-5,10H,6-8,20H2,1-3H3,(H,21,25)/t10-/m0/s1. The van der Waals surface area contributed by atoms with Crippen LogP contribution in [-0.4, -0.2) is 49.4 Å².